The summed E-state index contributed by atoms with van der Waals surface area (Å²) in [5.41, 5.74) is 26.8. The van der Waals surface area contributed by atoms with Gasteiger partial charge in [0.15, 0.2) is 0 Å². The number of benzene rings is 11. The Kier molecular flexibility index (Phi) is 25.1. The summed E-state index contributed by atoms with van der Waals surface area (Å²) in [7, 11) is 1.73. The SMILES string of the molecule is CC(=O)Oc1ccc2c(c1)C(C)C(C)C2.CC(=O)Oc1ccc2c3c(cccc13)C(C)C2C.CC1Cc2ccccc2C1C.CC1c2cccc3cccc(c23)C1C.CC1c2ccccc2C(C)C1C.COc1ccc2c(c1)CC(C)C2C.Cc1ccc2c(c1)CC(C)C2C.Cc1ccc2c3c(cccc13)C(C)C2C. The summed E-state index contributed by atoms with van der Waals surface area (Å²) in [5.74, 6) is 13.8. The fourth-order valence-electron chi connectivity index (χ4n) is 19.5. The van der Waals surface area contributed by atoms with Gasteiger partial charge >= 0.3 is 11.9 Å². The van der Waals surface area contributed by atoms with Crippen molar-refractivity contribution < 1.29 is 23.8 Å². The van der Waals surface area contributed by atoms with E-state index in [0.29, 0.717) is 64.8 Å². The van der Waals surface area contributed by atoms with E-state index in [0.717, 1.165) is 64.9 Å². The van der Waals surface area contributed by atoms with E-state index in [9.17, 15) is 9.59 Å². The summed E-state index contributed by atoms with van der Waals surface area (Å²) >= 11 is 0. The van der Waals surface area contributed by atoms with Crippen LogP contribution in [0.4, 0.5) is 0 Å². The van der Waals surface area contributed by atoms with Gasteiger partial charge in [-0.25, -0.2) is 0 Å². The Hall–Kier alpha value is -9.06. The maximum Gasteiger partial charge on any atom is 0.308 e. The molecule has 110 heavy (non-hydrogen) atoms. The van der Waals surface area contributed by atoms with Crippen LogP contribution in [0.2, 0.25) is 0 Å². The third-order valence-corrected chi connectivity index (χ3v) is 28.0. The van der Waals surface area contributed by atoms with Gasteiger partial charge in [-0.3, -0.25) is 9.59 Å². The van der Waals surface area contributed by atoms with Gasteiger partial charge in [-0.05, 0) is 292 Å². The maximum absolute atomic E-state index is 11.1. The van der Waals surface area contributed by atoms with Crippen LogP contribution in [0.25, 0.3) is 32.3 Å². The molecule has 0 amide bonds. The van der Waals surface area contributed by atoms with Gasteiger partial charge in [0.05, 0.1) is 7.11 Å². The molecule has 0 N–H and O–H groups in total. The zero-order valence-corrected chi connectivity index (χ0v) is 70.2. The number of carbonyl (C=O) groups excluding carboxylic acids is 2. The first-order chi connectivity index (χ1) is 52.6. The number of esters is 2. The van der Waals surface area contributed by atoms with E-state index in [1.807, 2.05) is 30.3 Å². The van der Waals surface area contributed by atoms with Crippen LogP contribution in [-0.4, -0.2) is 19.0 Å². The highest BCUT2D eigenvalue weighted by Crippen LogP contribution is 2.51. The lowest BCUT2D eigenvalue weighted by Gasteiger charge is -2.13. The molecule has 0 aromatic heterocycles. The first-order valence-corrected chi connectivity index (χ1v) is 41.6. The van der Waals surface area contributed by atoms with Crippen molar-refractivity contribution in [2.45, 2.75) is 242 Å². The van der Waals surface area contributed by atoms with Crippen molar-refractivity contribution in [1.29, 1.82) is 0 Å². The summed E-state index contributed by atoms with van der Waals surface area (Å²) in [6, 6.07) is 71.9. The highest BCUT2D eigenvalue weighted by atomic mass is 16.5. The molecule has 0 bridgehead atoms. The van der Waals surface area contributed by atoms with Gasteiger partial charge in [0.25, 0.3) is 0 Å². The number of fused-ring (bicyclic) bond motifs is 5. The van der Waals surface area contributed by atoms with Crippen LogP contribution in [0.5, 0.6) is 17.2 Å². The van der Waals surface area contributed by atoms with Crippen LogP contribution in [0.3, 0.4) is 0 Å². The first kappa shape index (κ1) is 80.5. The molecular formula is C105H124O5. The number of carbonyl (C=O) groups is 2. The monoisotopic (exact) mass is 1460 g/mol. The average Bonchev–Trinajstić information content (AvgIpc) is 1.61. The predicted molar refractivity (Wildman–Crippen MR) is 464 cm³/mol. The van der Waals surface area contributed by atoms with E-state index in [2.05, 4.69) is 301 Å². The van der Waals surface area contributed by atoms with Gasteiger partial charge in [-0.1, -0.05) is 293 Å². The summed E-state index contributed by atoms with van der Waals surface area (Å²) in [5, 5.41) is 8.21. The molecule has 0 saturated carbocycles. The van der Waals surface area contributed by atoms with Crippen molar-refractivity contribution in [2.75, 3.05) is 7.11 Å². The lowest BCUT2D eigenvalue weighted by atomic mass is 9.91. The second-order valence-electron chi connectivity index (χ2n) is 34.6. The minimum absolute atomic E-state index is 0.256. The second-order valence-corrected chi connectivity index (χ2v) is 34.6. The van der Waals surface area contributed by atoms with Gasteiger partial charge in [-0.15, -0.1) is 0 Å². The molecule has 11 aromatic carbocycles. The van der Waals surface area contributed by atoms with Crippen molar-refractivity contribution in [1.82, 2.24) is 0 Å². The number of methoxy groups -OCH3 is 1. The molecule has 19 rings (SSSR count). The molecule has 5 heteroatoms. The highest BCUT2D eigenvalue weighted by molar-refractivity contribution is 5.98. The Morgan fingerprint density at radius 1 is 0.291 bits per heavy atom. The molecule has 0 saturated heterocycles. The Morgan fingerprint density at radius 2 is 0.664 bits per heavy atom. The van der Waals surface area contributed by atoms with Crippen LogP contribution in [0.15, 0.2) is 200 Å². The van der Waals surface area contributed by atoms with Crippen LogP contribution in [-0.2, 0) is 35.3 Å². The number of hydrogen-bond acceptors (Lipinski definition) is 5. The summed E-state index contributed by atoms with van der Waals surface area (Å²) in [6.45, 7) is 46.6. The fraction of sp³-hybridized carbons (Fsp3) is 0.410. The summed E-state index contributed by atoms with van der Waals surface area (Å²) in [6.07, 6.45) is 4.89. The summed E-state index contributed by atoms with van der Waals surface area (Å²) < 4.78 is 15.6. The van der Waals surface area contributed by atoms with Crippen molar-refractivity contribution >= 4 is 44.3 Å². The molecule has 574 valence electrons. The first-order valence-electron chi connectivity index (χ1n) is 41.6. The molecule has 8 aliphatic carbocycles. The van der Waals surface area contributed by atoms with Crippen molar-refractivity contribution in [3.63, 3.8) is 0 Å². The van der Waals surface area contributed by atoms with Crippen LogP contribution in [0.1, 0.15) is 303 Å². The maximum atomic E-state index is 11.1. The molecule has 16 atom stereocenters. The zero-order chi connectivity index (χ0) is 78.8. The minimum atomic E-state index is -0.269. The number of ether oxygens (including phenoxy) is 3. The van der Waals surface area contributed by atoms with Crippen LogP contribution < -0.4 is 14.2 Å². The van der Waals surface area contributed by atoms with Gasteiger partial charge < -0.3 is 14.2 Å². The van der Waals surface area contributed by atoms with E-state index < -0.39 is 0 Å². The van der Waals surface area contributed by atoms with Crippen molar-refractivity contribution in [2.24, 2.45) is 29.6 Å². The standard InChI is InChI=1S/C16H16O2.C15H16.C14H14.C13H16O2.C12H16O.2C12H16.C11H14/c1-9-10(2)13-7-8-15(18-11(3)17)14-6-4-5-12(9)16(13)14;1-9-7-8-14-11(3)10(2)13-6-4-5-12(9)15(13)14;1-9-10(2)13-8-4-6-11-5-3-7-12(9)14(11)13;1-8-6-11-4-5-12(15-10(3)14)7-13(11)9(8)2;1-8-6-10-7-11(13-3)4-5-12(10)9(8)2;1-8-4-5-12-10(3)9(2)7-11(12)6-8;1-8-9(2)11-6-4-5-7-12(11)10(8)3;1-8-7-10-5-3-4-6-11(10)9(8)2/h4-10H,1-3H3;4-8,10-11H,1-3H3;3-10H,1-2H3;4-5,7-9H,6H2,1-3H3;4-5,7-9H,6H2,1-3H3;4-6,9-10H,7H2,1-3H3;4-10H,1-3H3;3-6,8-9H,7H2,1-2H3. The largest absolute Gasteiger partial charge is 0.497 e. The number of rotatable bonds is 3. The minimum Gasteiger partial charge on any atom is -0.497 e. The molecule has 5 nitrogen and oxygen atoms in total. The molecule has 11 aromatic rings. The Bertz CT molecular complexity index is 5030. The normalized spacial score (nSPS) is 25.6. The Labute approximate surface area is 660 Å². The van der Waals surface area contributed by atoms with Crippen molar-refractivity contribution in [3.05, 3.63) is 300 Å². The molecule has 0 radical (unpaired) electrons. The van der Waals surface area contributed by atoms with E-state index in [1.54, 1.807) is 51.6 Å². The number of hydrogen-bond donors (Lipinski definition) is 0. The molecule has 0 spiro atoms. The topological polar surface area (TPSA) is 61.8 Å². The van der Waals surface area contributed by atoms with Gasteiger partial charge in [0.2, 0.25) is 0 Å². The molecular weight excluding hydrogens is 1340 g/mol. The third-order valence-electron chi connectivity index (χ3n) is 28.0. The van der Waals surface area contributed by atoms with E-state index >= 15 is 0 Å². The van der Waals surface area contributed by atoms with Crippen molar-refractivity contribution in [3.8, 4) is 17.2 Å². The van der Waals surface area contributed by atoms with Crippen LogP contribution >= 0.6 is 0 Å². The van der Waals surface area contributed by atoms with Gasteiger partial charge in [0.1, 0.15) is 17.2 Å². The third kappa shape index (κ3) is 16.5. The second kappa shape index (κ2) is 34.3. The van der Waals surface area contributed by atoms with Gasteiger partial charge in [-0.2, -0.15) is 0 Å². The lowest BCUT2D eigenvalue weighted by Crippen LogP contribution is -2.02. The quantitative estimate of drug-likeness (QED) is 0.130. The molecule has 16 unspecified atom stereocenters. The van der Waals surface area contributed by atoms with E-state index in [1.165, 1.54) is 116 Å². The average molecular weight is 1470 g/mol. The molecule has 0 aliphatic heterocycles. The Balaban J connectivity index is 0.000000117. The highest BCUT2D eigenvalue weighted by Gasteiger charge is 2.35. The lowest BCUT2D eigenvalue weighted by molar-refractivity contribution is -0.132. The van der Waals surface area contributed by atoms with Gasteiger partial charge in [0, 0.05) is 19.2 Å². The molecule has 0 fully saturated rings. The zero-order valence-electron chi connectivity index (χ0n) is 70.2. The molecule has 0 heterocycles. The summed E-state index contributed by atoms with van der Waals surface area (Å²) in [4.78, 5) is 22.0. The number of aryl methyl sites for hydroxylation is 2. The smallest absolute Gasteiger partial charge is 0.308 e. The molecule has 8 aliphatic rings. The fourth-order valence-corrected chi connectivity index (χ4v) is 19.5. The van der Waals surface area contributed by atoms with E-state index in [4.69, 9.17) is 14.2 Å². The Morgan fingerprint density at radius 3 is 1.16 bits per heavy atom. The van der Waals surface area contributed by atoms with E-state index in [-0.39, 0.29) is 11.9 Å². The van der Waals surface area contributed by atoms with Crippen LogP contribution in [0, 0.1) is 43.4 Å². The predicted octanol–water partition coefficient (Wildman–Crippen LogP) is 28.1.